The minimum atomic E-state index is -1.88. The molecule has 1 aromatic rings. The molecule has 0 aliphatic carbocycles. The fourth-order valence-corrected chi connectivity index (χ4v) is 2.84. The second-order valence-electron chi connectivity index (χ2n) is 7.16. The van der Waals surface area contributed by atoms with E-state index in [1.54, 1.807) is 20.1 Å². The molecule has 0 saturated heterocycles. The van der Waals surface area contributed by atoms with Gasteiger partial charge in [-0.25, -0.2) is 4.79 Å². The van der Waals surface area contributed by atoms with Crippen LogP contribution in [0.2, 0.25) is 18.1 Å². The molecule has 0 unspecified atom stereocenters. The molecular formula is C20H35LiO5Si. The van der Waals surface area contributed by atoms with Crippen LogP contribution in [-0.4, -0.2) is 33.5 Å². The number of methoxy groups -OCH3 is 1. The Kier molecular flexibility index (Phi) is 15.0. The van der Waals surface area contributed by atoms with E-state index in [-0.39, 0.29) is 42.8 Å². The van der Waals surface area contributed by atoms with Gasteiger partial charge in [0.15, 0.2) is 8.32 Å². The number of benzene rings is 1. The average Bonchev–Trinajstić information content (AvgIpc) is 2.50. The first-order chi connectivity index (χ1) is 11.1. The van der Waals surface area contributed by atoms with E-state index in [0.29, 0.717) is 13.2 Å². The molecule has 150 valence electrons. The molecule has 0 atom stereocenters. The van der Waals surface area contributed by atoms with Gasteiger partial charge in [0.2, 0.25) is 0 Å². The second kappa shape index (κ2) is 13.2. The topological polar surface area (TPSA) is 74.8 Å². The van der Waals surface area contributed by atoms with E-state index in [1.807, 2.05) is 18.2 Å². The van der Waals surface area contributed by atoms with Gasteiger partial charge in [-0.1, -0.05) is 40.3 Å². The molecular weight excluding hydrogens is 355 g/mol. The van der Waals surface area contributed by atoms with Crippen LogP contribution in [0.4, 0.5) is 0 Å². The molecule has 7 heteroatoms. The van der Waals surface area contributed by atoms with Crippen LogP contribution in [0.3, 0.4) is 0 Å². The van der Waals surface area contributed by atoms with Crippen LogP contribution in [0.15, 0.2) is 24.3 Å². The maximum absolute atomic E-state index is 11.6. The summed E-state index contributed by atoms with van der Waals surface area (Å²) in [6, 6.07) is 5.76. The average molecular weight is 391 g/mol. The zero-order chi connectivity index (χ0) is 18.4. The van der Waals surface area contributed by atoms with E-state index in [2.05, 4.69) is 33.9 Å². The molecule has 0 aromatic heterocycles. The molecule has 1 N–H and O–H groups in total. The Bertz CT molecular complexity index is 595. The number of carbonyl (C=O) groups is 1. The maximum Gasteiger partial charge on any atom is 1.00 e. The molecule has 1 rings (SSSR count). The molecule has 0 heterocycles. The van der Waals surface area contributed by atoms with E-state index in [4.69, 9.17) is 13.9 Å². The Balaban J connectivity index is -0.00000192. The van der Waals surface area contributed by atoms with E-state index in [9.17, 15) is 4.79 Å². The third-order valence-electron chi connectivity index (χ3n) is 4.46. The first-order valence-corrected chi connectivity index (χ1v) is 11.2. The summed E-state index contributed by atoms with van der Waals surface area (Å²) < 4.78 is 16.7. The smallest absolute Gasteiger partial charge is 0.870 e. The predicted octanol–water partition coefficient (Wildman–Crippen LogP) is 2.26. The molecule has 0 aliphatic heterocycles. The normalized spacial score (nSPS) is 11.1. The van der Waals surface area contributed by atoms with Crippen molar-refractivity contribution in [3.63, 3.8) is 0 Å². The molecule has 0 radical (unpaired) electrons. The SMILES string of the molecule is C.CCOC(=O)/C=C/c1cccc(OC)c1CO[Si](C)(C)C(C)(C)C.[Li+].[OH-]. The van der Waals surface area contributed by atoms with Crippen LogP contribution in [0.5, 0.6) is 5.75 Å². The Hall–Kier alpha value is -1.04. The number of rotatable bonds is 7. The quantitative estimate of drug-likeness (QED) is 0.406. The predicted molar refractivity (Wildman–Crippen MR) is 109 cm³/mol. The van der Waals surface area contributed by atoms with Gasteiger partial charge >= 0.3 is 24.8 Å². The van der Waals surface area contributed by atoms with Crippen LogP contribution in [0, 0.1) is 0 Å². The van der Waals surface area contributed by atoms with Crippen molar-refractivity contribution in [3.8, 4) is 5.75 Å². The van der Waals surface area contributed by atoms with Crippen molar-refractivity contribution in [3.05, 3.63) is 35.4 Å². The number of carbonyl (C=O) groups excluding carboxylic acids is 1. The fraction of sp³-hybridized carbons (Fsp3) is 0.550. The number of esters is 1. The van der Waals surface area contributed by atoms with E-state index in [1.165, 1.54) is 6.08 Å². The molecule has 0 amide bonds. The molecule has 0 saturated carbocycles. The zero-order valence-electron chi connectivity index (χ0n) is 17.4. The van der Waals surface area contributed by atoms with Crippen molar-refractivity contribution in [2.24, 2.45) is 0 Å². The Labute approximate surface area is 178 Å². The van der Waals surface area contributed by atoms with Gasteiger partial charge in [-0.2, -0.15) is 0 Å². The summed E-state index contributed by atoms with van der Waals surface area (Å²) in [7, 11) is -0.232. The third-order valence-corrected chi connectivity index (χ3v) is 8.94. The van der Waals surface area contributed by atoms with Gasteiger partial charge in [-0.15, -0.1) is 0 Å². The molecule has 0 bridgehead atoms. The fourth-order valence-electron chi connectivity index (χ4n) is 1.90. The maximum atomic E-state index is 11.6. The van der Waals surface area contributed by atoms with Crippen molar-refractivity contribution in [1.82, 2.24) is 0 Å². The van der Waals surface area contributed by atoms with Crippen LogP contribution in [0.1, 0.15) is 46.2 Å². The van der Waals surface area contributed by atoms with Crippen LogP contribution >= 0.6 is 0 Å². The Morgan fingerprint density at radius 3 is 2.30 bits per heavy atom. The van der Waals surface area contributed by atoms with E-state index in [0.717, 1.165) is 16.9 Å². The minimum absolute atomic E-state index is 0. The molecule has 5 nitrogen and oxygen atoms in total. The Morgan fingerprint density at radius 1 is 1.22 bits per heavy atom. The van der Waals surface area contributed by atoms with Gasteiger partial charge in [0.1, 0.15) is 5.75 Å². The standard InChI is InChI=1S/C19H30O4Si.CH4.Li.H2O/c1-8-22-18(20)13-12-15-10-9-11-17(21-5)16(15)14-23-24(6,7)19(2,3)4;;;/h9-13H,8,14H2,1-7H3;1H4;;1H2/q;;+1;/p-1/b13-12+;;;. The van der Waals surface area contributed by atoms with Gasteiger partial charge in [0.05, 0.1) is 20.3 Å². The summed E-state index contributed by atoms with van der Waals surface area (Å²) in [5, 5.41) is 0.135. The van der Waals surface area contributed by atoms with Crippen LogP contribution in [-0.2, 0) is 20.6 Å². The summed E-state index contributed by atoms with van der Waals surface area (Å²) in [6.07, 6.45) is 3.19. The van der Waals surface area contributed by atoms with Gasteiger partial charge in [0, 0.05) is 11.6 Å². The Morgan fingerprint density at radius 2 is 1.81 bits per heavy atom. The van der Waals surface area contributed by atoms with Gasteiger partial charge in [0.25, 0.3) is 0 Å². The van der Waals surface area contributed by atoms with Gasteiger partial charge in [-0.05, 0) is 42.8 Å². The summed E-state index contributed by atoms with van der Waals surface area (Å²) in [4.78, 5) is 11.6. The molecule has 1 aromatic carbocycles. The van der Waals surface area contributed by atoms with Crippen molar-refractivity contribution in [2.75, 3.05) is 13.7 Å². The van der Waals surface area contributed by atoms with E-state index >= 15 is 0 Å². The summed E-state index contributed by atoms with van der Waals surface area (Å²) >= 11 is 0. The van der Waals surface area contributed by atoms with Crippen LogP contribution in [0.25, 0.3) is 6.08 Å². The molecule has 27 heavy (non-hydrogen) atoms. The van der Waals surface area contributed by atoms with Gasteiger partial charge < -0.3 is 19.4 Å². The second-order valence-corrected chi connectivity index (χ2v) is 12.0. The van der Waals surface area contributed by atoms with Crippen molar-refractivity contribution in [2.45, 2.75) is 59.9 Å². The van der Waals surface area contributed by atoms with Crippen molar-refractivity contribution >= 4 is 20.4 Å². The first-order valence-electron chi connectivity index (χ1n) is 8.27. The summed E-state index contributed by atoms with van der Waals surface area (Å²) in [6.45, 7) is 13.7. The van der Waals surface area contributed by atoms with E-state index < -0.39 is 8.32 Å². The monoisotopic (exact) mass is 390 g/mol. The largest absolute Gasteiger partial charge is 1.00 e. The molecule has 0 fully saturated rings. The number of ether oxygens (including phenoxy) is 2. The molecule has 0 spiro atoms. The zero-order valence-corrected chi connectivity index (χ0v) is 18.4. The number of hydrogen-bond donors (Lipinski definition) is 0. The number of hydrogen-bond acceptors (Lipinski definition) is 5. The van der Waals surface area contributed by atoms with Crippen molar-refractivity contribution in [1.29, 1.82) is 0 Å². The first kappa shape index (κ1) is 30.7. The van der Waals surface area contributed by atoms with Crippen molar-refractivity contribution < 1.29 is 43.0 Å². The summed E-state index contributed by atoms with van der Waals surface area (Å²) in [5.74, 6) is 0.413. The van der Waals surface area contributed by atoms with Gasteiger partial charge in [-0.3, -0.25) is 0 Å². The minimum Gasteiger partial charge on any atom is -0.870 e. The third kappa shape index (κ3) is 9.13. The molecule has 0 aliphatic rings. The summed E-state index contributed by atoms with van der Waals surface area (Å²) in [5.41, 5.74) is 1.85. The van der Waals surface area contributed by atoms with Crippen LogP contribution < -0.4 is 23.6 Å².